The van der Waals surface area contributed by atoms with Gasteiger partial charge >= 0.3 is 11.9 Å². The van der Waals surface area contributed by atoms with Crippen molar-refractivity contribution in [3.63, 3.8) is 0 Å². The lowest BCUT2D eigenvalue weighted by atomic mass is 9.74. The molecular formula is C33H38O7. The fourth-order valence-corrected chi connectivity index (χ4v) is 5.14. The van der Waals surface area contributed by atoms with Gasteiger partial charge in [-0.25, -0.2) is 0 Å². The minimum absolute atomic E-state index is 0.0311. The fourth-order valence-electron chi connectivity index (χ4n) is 5.14. The molecule has 0 fully saturated rings. The molecule has 40 heavy (non-hydrogen) atoms. The lowest BCUT2D eigenvalue weighted by Crippen LogP contribution is -2.31. The van der Waals surface area contributed by atoms with Crippen molar-refractivity contribution in [2.45, 2.75) is 71.5 Å². The largest absolute Gasteiger partial charge is 0.508 e. The van der Waals surface area contributed by atoms with Gasteiger partial charge in [0.1, 0.15) is 23.0 Å². The summed E-state index contributed by atoms with van der Waals surface area (Å²) in [5.74, 6) is 1.47. The van der Waals surface area contributed by atoms with Gasteiger partial charge in [0.15, 0.2) is 6.29 Å². The molecule has 3 unspecified atom stereocenters. The van der Waals surface area contributed by atoms with E-state index in [0.717, 1.165) is 24.2 Å². The summed E-state index contributed by atoms with van der Waals surface area (Å²) in [6.45, 7) is 7.80. The smallest absolute Gasteiger partial charge is 0.316 e. The number of phenols is 1. The van der Waals surface area contributed by atoms with E-state index in [1.807, 2.05) is 45.0 Å². The van der Waals surface area contributed by atoms with Crippen LogP contribution in [0.2, 0.25) is 0 Å². The molecule has 1 aliphatic rings. The maximum absolute atomic E-state index is 13.4. The van der Waals surface area contributed by atoms with Crippen molar-refractivity contribution in [1.29, 1.82) is 0 Å². The Kier molecular flexibility index (Phi) is 9.15. The van der Waals surface area contributed by atoms with E-state index in [2.05, 4.69) is 19.1 Å². The van der Waals surface area contributed by atoms with Gasteiger partial charge in [0, 0.05) is 12.7 Å². The number of aromatic hydroxyl groups is 1. The maximum Gasteiger partial charge on any atom is 0.316 e. The summed E-state index contributed by atoms with van der Waals surface area (Å²) in [5.41, 5.74) is 2.16. The van der Waals surface area contributed by atoms with E-state index in [1.165, 1.54) is 5.56 Å². The van der Waals surface area contributed by atoms with Crippen LogP contribution in [0.25, 0.3) is 0 Å². The van der Waals surface area contributed by atoms with Gasteiger partial charge in [-0.3, -0.25) is 9.59 Å². The molecule has 3 aromatic carbocycles. The molecule has 1 N–H and O–H groups in total. The highest BCUT2D eigenvalue weighted by Crippen LogP contribution is 2.41. The molecule has 0 aromatic heterocycles. The van der Waals surface area contributed by atoms with Crippen LogP contribution in [-0.2, 0) is 20.7 Å². The van der Waals surface area contributed by atoms with Crippen molar-refractivity contribution in [2.24, 2.45) is 5.41 Å². The van der Waals surface area contributed by atoms with E-state index in [4.69, 9.17) is 18.9 Å². The Morgan fingerprint density at radius 3 is 2.25 bits per heavy atom. The van der Waals surface area contributed by atoms with Crippen LogP contribution >= 0.6 is 0 Å². The number of esters is 2. The number of hydrogen-bond acceptors (Lipinski definition) is 7. The van der Waals surface area contributed by atoms with Gasteiger partial charge < -0.3 is 24.1 Å². The zero-order valence-corrected chi connectivity index (χ0v) is 23.8. The van der Waals surface area contributed by atoms with E-state index in [1.54, 1.807) is 37.4 Å². The van der Waals surface area contributed by atoms with Crippen LogP contribution in [0.15, 0.2) is 66.7 Å². The van der Waals surface area contributed by atoms with Gasteiger partial charge in [-0.15, -0.1) is 0 Å². The number of methoxy groups -OCH3 is 1. The Labute approximate surface area is 236 Å². The first-order chi connectivity index (χ1) is 19.1. The SMILES string of the molecule is CCC(CC(CC(C)(C)C(=O)Oc1ccc2c(c1)CC(=O)O2)c1ccc(O)cc1)c1ccc(OC(C)OC)cc1. The molecular weight excluding hydrogens is 508 g/mol. The predicted octanol–water partition coefficient (Wildman–Crippen LogP) is 6.91. The van der Waals surface area contributed by atoms with Crippen molar-refractivity contribution in [3.8, 4) is 23.0 Å². The summed E-state index contributed by atoms with van der Waals surface area (Å²) in [4.78, 5) is 25.0. The molecule has 7 nitrogen and oxygen atoms in total. The lowest BCUT2D eigenvalue weighted by Gasteiger charge is -2.31. The highest BCUT2D eigenvalue weighted by molar-refractivity contribution is 5.82. The first-order valence-electron chi connectivity index (χ1n) is 13.7. The number of phenolic OH excluding ortho intramolecular Hbond substituents is 1. The van der Waals surface area contributed by atoms with Crippen LogP contribution in [-0.4, -0.2) is 30.4 Å². The van der Waals surface area contributed by atoms with E-state index in [9.17, 15) is 14.7 Å². The second-order valence-electron chi connectivity index (χ2n) is 11.0. The quantitative estimate of drug-likeness (QED) is 0.150. The van der Waals surface area contributed by atoms with Crippen molar-refractivity contribution in [2.75, 3.05) is 7.11 Å². The molecule has 1 aliphatic heterocycles. The van der Waals surface area contributed by atoms with E-state index < -0.39 is 5.41 Å². The molecule has 0 aliphatic carbocycles. The summed E-state index contributed by atoms with van der Waals surface area (Å²) >= 11 is 0. The summed E-state index contributed by atoms with van der Waals surface area (Å²) in [6.07, 6.45) is 2.12. The summed E-state index contributed by atoms with van der Waals surface area (Å²) in [5, 5.41) is 9.89. The molecule has 212 valence electrons. The number of hydrogen-bond donors (Lipinski definition) is 1. The minimum atomic E-state index is -0.805. The number of ether oxygens (including phenoxy) is 4. The highest BCUT2D eigenvalue weighted by Gasteiger charge is 2.35. The summed E-state index contributed by atoms with van der Waals surface area (Å²) in [7, 11) is 1.61. The molecule has 0 saturated heterocycles. The summed E-state index contributed by atoms with van der Waals surface area (Å²) < 4.78 is 21.9. The first kappa shape index (κ1) is 29.2. The Balaban J connectivity index is 1.52. The predicted molar refractivity (Wildman–Crippen MR) is 152 cm³/mol. The maximum atomic E-state index is 13.4. The normalized spacial score (nSPS) is 15.1. The van der Waals surface area contributed by atoms with Gasteiger partial charge in [-0.2, -0.15) is 0 Å². The first-order valence-corrected chi connectivity index (χ1v) is 13.7. The second-order valence-corrected chi connectivity index (χ2v) is 11.0. The van der Waals surface area contributed by atoms with Crippen LogP contribution in [0.3, 0.4) is 0 Å². The molecule has 4 rings (SSSR count). The fraction of sp³-hybridized carbons (Fsp3) is 0.394. The zero-order valence-electron chi connectivity index (χ0n) is 23.8. The van der Waals surface area contributed by atoms with E-state index in [0.29, 0.717) is 23.5 Å². The van der Waals surface area contributed by atoms with Gasteiger partial charge in [-0.05, 0) is 105 Å². The monoisotopic (exact) mass is 546 g/mol. The molecule has 1 heterocycles. The standard InChI is InChI=1S/C33H38O7/c1-6-22(23-9-13-28(14-10-23)38-21(2)37-5)17-26(24-7-11-27(34)12-8-24)20-33(3,4)32(36)39-29-15-16-30-25(18-29)19-31(35)40-30/h7-16,18,21-22,26,34H,6,17,19-20H2,1-5H3. The van der Waals surface area contributed by atoms with Crippen LogP contribution < -0.4 is 14.2 Å². The average Bonchev–Trinajstić information content (AvgIpc) is 3.31. The van der Waals surface area contributed by atoms with Crippen molar-refractivity contribution in [3.05, 3.63) is 83.4 Å². The minimum Gasteiger partial charge on any atom is -0.508 e. The van der Waals surface area contributed by atoms with Gasteiger partial charge in [0.25, 0.3) is 0 Å². The van der Waals surface area contributed by atoms with Crippen LogP contribution in [0.5, 0.6) is 23.0 Å². The molecule has 3 atom stereocenters. The van der Waals surface area contributed by atoms with E-state index in [-0.39, 0.29) is 42.2 Å². The highest BCUT2D eigenvalue weighted by atomic mass is 16.7. The average molecular weight is 547 g/mol. The number of carbonyl (C=O) groups excluding carboxylic acids is 2. The van der Waals surface area contributed by atoms with Crippen LogP contribution in [0.4, 0.5) is 0 Å². The molecule has 7 heteroatoms. The van der Waals surface area contributed by atoms with Crippen molar-refractivity contribution >= 4 is 11.9 Å². The second kappa shape index (κ2) is 12.6. The number of fused-ring (bicyclic) bond motifs is 1. The summed E-state index contributed by atoms with van der Waals surface area (Å²) in [6, 6.07) is 20.3. The molecule has 0 bridgehead atoms. The molecule has 0 saturated carbocycles. The van der Waals surface area contributed by atoms with E-state index >= 15 is 0 Å². The Hall–Kier alpha value is -3.84. The van der Waals surface area contributed by atoms with Gasteiger partial charge in [0.2, 0.25) is 0 Å². The third kappa shape index (κ3) is 7.21. The van der Waals surface area contributed by atoms with Gasteiger partial charge in [-0.1, -0.05) is 31.2 Å². The Morgan fingerprint density at radius 2 is 1.60 bits per heavy atom. The molecule has 0 spiro atoms. The van der Waals surface area contributed by atoms with Crippen LogP contribution in [0.1, 0.15) is 75.5 Å². The third-order valence-corrected chi connectivity index (χ3v) is 7.52. The number of rotatable bonds is 12. The zero-order chi connectivity index (χ0) is 28.9. The molecule has 0 amide bonds. The topological polar surface area (TPSA) is 91.3 Å². The van der Waals surface area contributed by atoms with Crippen molar-refractivity contribution < 1.29 is 33.6 Å². The third-order valence-electron chi connectivity index (χ3n) is 7.52. The van der Waals surface area contributed by atoms with Crippen molar-refractivity contribution in [1.82, 2.24) is 0 Å². The Bertz CT molecular complexity index is 1310. The van der Waals surface area contributed by atoms with Crippen LogP contribution in [0, 0.1) is 5.41 Å². The number of carbonyl (C=O) groups is 2. The lowest BCUT2D eigenvalue weighted by molar-refractivity contribution is -0.144. The Morgan fingerprint density at radius 1 is 0.975 bits per heavy atom. The number of benzene rings is 3. The molecule has 0 radical (unpaired) electrons. The van der Waals surface area contributed by atoms with Gasteiger partial charge in [0.05, 0.1) is 11.8 Å². The molecule has 3 aromatic rings.